The molecule has 2 rings (SSSR count). The molecule has 0 aliphatic heterocycles. The number of aryl methyl sites for hydroxylation is 2. The average Bonchev–Trinajstić information content (AvgIpc) is 2.96. The Balaban J connectivity index is 0. The lowest BCUT2D eigenvalue weighted by molar-refractivity contribution is 0.0599. The monoisotopic (exact) mass is 574 g/mol. The molecule has 2 aromatic carbocycles. The maximum absolute atomic E-state index is 11.3. The predicted molar refractivity (Wildman–Crippen MR) is 171 cm³/mol. The van der Waals surface area contributed by atoms with Gasteiger partial charge in [-0.05, 0) is 86.8 Å². The first-order valence-electron chi connectivity index (χ1n) is 14.7. The van der Waals surface area contributed by atoms with Crippen molar-refractivity contribution in [3.05, 3.63) is 70.8 Å². The zero-order valence-corrected chi connectivity index (χ0v) is 24.4. The van der Waals surface area contributed by atoms with E-state index in [9.17, 15) is 9.59 Å². The molecule has 0 radical (unpaired) electrons. The summed E-state index contributed by atoms with van der Waals surface area (Å²) in [6, 6.07) is 14.8. The van der Waals surface area contributed by atoms with Crippen molar-refractivity contribution in [1.29, 1.82) is 0 Å². The number of rotatable bonds is 20. The molecule has 0 aromatic heterocycles. The van der Waals surface area contributed by atoms with Gasteiger partial charge in [-0.3, -0.25) is 0 Å². The standard InChI is InChI=1S/C17H26O3.C16H24O3.2CH4/c1-3-4-6-13-20-14-7-5-8-15-9-11-16(12-10-15)17(18)19-2;1-2-3-5-12-19-13-6-4-7-14-8-10-15(11-9-14)16(17)18;;/h9-12H,3-8,13-14H2,1-2H3;8-11H,2-7,12-13H2,1H3,(H,17,18);2*1H4. The zero-order chi connectivity index (χ0) is 28.6. The molecule has 0 saturated carbocycles. The smallest absolute Gasteiger partial charge is 0.337 e. The first-order valence-corrected chi connectivity index (χ1v) is 14.7. The van der Waals surface area contributed by atoms with Crippen molar-refractivity contribution < 1.29 is 28.9 Å². The number of aromatic carboxylic acids is 1. The maximum atomic E-state index is 11.3. The Hall–Kier alpha value is -2.70. The number of carboxylic acid groups (broad SMARTS) is 1. The zero-order valence-electron chi connectivity index (χ0n) is 24.4. The molecule has 0 fully saturated rings. The van der Waals surface area contributed by atoms with E-state index < -0.39 is 5.97 Å². The van der Waals surface area contributed by atoms with Gasteiger partial charge in [-0.25, -0.2) is 9.59 Å². The predicted octanol–water partition coefficient (Wildman–Crippen LogP) is 9.19. The second kappa shape index (κ2) is 27.5. The number of hydrogen-bond acceptors (Lipinski definition) is 5. The van der Waals surface area contributed by atoms with Gasteiger partial charge < -0.3 is 19.3 Å². The molecular weight excluding hydrogens is 516 g/mol. The van der Waals surface area contributed by atoms with Crippen molar-refractivity contribution in [3.63, 3.8) is 0 Å². The Kier molecular flexibility index (Phi) is 27.1. The van der Waals surface area contributed by atoms with Crippen LogP contribution in [0.5, 0.6) is 0 Å². The number of benzene rings is 2. The number of methoxy groups -OCH3 is 1. The fraction of sp³-hybridized carbons (Fsp3) is 0.600. The van der Waals surface area contributed by atoms with Gasteiger partial charge in [0.1, 0.15) is 0 Å². The molecule has 0 unspecified atom stereocenters. The minimum Gasteiger partial charge on any atom is -0.478 e. The molecule has 41 heavy (non-hydrogen) atoms. The van der Waals surface area contributed by atoms with Gasteiger partial charge in [0.2, 0.25) is 0 Å². The van der Waals surface area contributed by atoms with E-state index in [-0.39, 0.29) is 20.8 Å². The summed E-state index contributed by atoms with van der Waals surface area (Å²) in [4.78, 5) is 22.0. The van der Waals surface area contributed by atoms with Crippen LogP contribution in [0, 0.1) is 0 Å². The van der Waals surface area contributed by atoms with Crippen LogP contribution in [0.2, 0.25) is 0 Å². The third-order valence-electron chi connectivity index (χ3n) is 6.37. The highest BCUT2D eigenvalue weighted by Gasteiger charge is 2.04. The SMILES string of the molecule is C.C.CCCCCOCCCCc1ccc(C(=O)O)cc1.CCCCCOCCCCc1ccc(C(=O)OC)cc1. The lowest BCUT2D eigenvalue weighted by Gasteiger charge is -2.05. The molecule has 234 valence electrons. The summed E-state index contributed by atoms with van der Waals surface area (Å²) < 4.78 is 15.8. The van der Waals surface area contributed by atoms with Gasteiger partial charge in [-0.2, -0.15) is 0 Å². The molecule has 6 heteroatoms. The van der Waals surface area contributed by atoms with E-state index in [2.05, 4.69) is 18.6 Å². The van der Waals surface area contributed by atoms with Crippen LogP contribution in [-0.4, -0.2) is 50.6 Å². The molecule has 0 saturated heterocycles. The highest BCUT2D eigenvalue weighted by atomic mass is 16.5. The number of hydrogen-bond donors (Lipinski definition) is 1. The Bertz CT molecular complexity index is 877. The topological polar surface area (TPSA) is 82.1 Å². The van der Waals surface area contributed by atoms with E-state index >= 15 is 0 Å². The molecule has 0 atom stereocenters. The third kappa shape index (κ3) is 20.8. The van der Waals surface area contributed by atoms with Crippen molar-refractivity contribution in [3.8, 4) is 0 Å². The van der Waals surface area contributed by atoms with Crippen molar-refractivity contribution in [2.75, 3.05) is 33.5 Å². The first-order chi connectivity index (χ1) is 19.0. The van der Waals surface area contributed by atoms with Gasteiger partial charge in [0, 0.05) is 26.4 Å². The number of carbonyl (C=O) groups excluding carboxylic acids is 1. The largest absolute Gasteiger partial charge is 0.478 e. The molecule has 0 spiro atoms. The molecule has 6 nitrogen and oxygen atoms in total. The number of carboxylic acids is 1. The first kappa shape index (κ1) is 40.4. The normalized spacial score (nSPS) is 10.0. The van der Waals surface area contributed by atoms with Gasteiger partial charge in [0.15, 0.2) is 0 Å². The van der Waals surface area contributed by atoms with E-state index in [1.807, 2.05) is 36.4 Å². The van der Waals surface area contributed by atoms with E-state index in [0.29, 0.717) is 11.1 Å². The molecule has 0 heterocycles. The van der Waals surface area contributed by atoms with Crippen LogP contribution < -0.4 is 0 Å². The minimum atomic E-state index is -0.868. The van der Waals surface area contributed by atoms with Crippen LogP contribution in [0.15, 0.2) is 48.5 Å². The van der Waals surface area contributed by atoms with Crippen LogP contribution >= 0.6 is 0 Å². The summed E-state index contributed by atoms with van der Waals surface area (Å²) in [7, 11) is 1.40. The quantitative estimate of drug-likeness (QED) is 0.125. The average molecular weight is 575 g/mol. The van der Waals surface area contributed by atoms with Crippen LogP contribution in [0.1, 0.15) is 125 Å². The van der Waals surface area contributed by atoms with Crippen molar-refractivity contribution >= 4 is 11.9 Å². The Morgan fingerprint density at radius 3 is 1.29 bits per heavy atom. The number of esters is 1. The van der Waals surface area contributed by atoms with Crippen LogP contribution in [-0.2, 0) is 27.1 Å². The summed E-state index contributed by atoms with van der Waals surface area (Å²) >= 11 is 0. The summed E-state index contributed by atoms with van der Waals surface area (Å²) in [5, 5.41) is 8.79. The van der Waals surface area contributed by atoms with Crippen LogP contribution in [0.4, 0.5) is 0 Å². The molecule has 0 aliphatic rings. The molecule has 0 amide bonds. The lowest BCUT2D eigenvalue weighted by atomic mass is 10.1. The molecule has 0 aliphatic carbocycles. The fourth-order valence-corrected chi connectivity index (χ4v) is 3.92. The van der Waals surface area contributed by atoms with Gasteiger partial charge in [0.25, 0.3) is 0 Å². The third-order valence-corrected chi connectivity index (χ3v) is 6.37. The highest BCUT2D eigenvalue weighted by Crippen LogP contribution is 2.10. The van der Waals surface area contributed by atoms with E-state index in [0.717, 1.165) is 71.4 Å². The fourth-order valence-electron chi connectivity index (χ4n) is 3.92. The van der Waals surface area contributed by atoms with Crippen molar-refractivity contribution in [2.45, 2.75) is 106 Å². The van der Waals surface area contributed by atoms with E-state index in [4.69, 9.17) is 14.6 Å². The summed E-state index contributed by atoms with van der Waals surface area (Å²) in [5.41, 5.74) is 3.40. The van der Waals surface area contributed by atoms with E-state index in [1.54, 1.807) is 12.1 Å². The molecular formula is C35H58O6. The maximum Gasteiger partial charge on any atom is 0.337 e. The van der Waals surface area contributed by atoms with Gasteiger partial charge in [0.05, 0.1) is 18.2 Å². The molecule has 0 bridgehead atoms. The molecule has 1 N–H and O–H groups in total. The summed E-state index contributed by atoms with van der Waals surface area (Å²) in [6.07, 6.45) is 13.7. The Morgan fingerprint density at radius 1 is 0.585 bits per heavy atom. The summed E-state index contributed by atoms with van der Waals surface area (Å²) in [6.45, 7) is 7.84. The van der Waals surface area contributed by atoms with E-state index in [1.165, 1.54) is 50.3 Å². The second-order valence-corrected chi connectivity index (χ2v) is 9.74. The highest BCUT2D eigenvalue weighted by molar-refractivity contribution is 5.89. The van der Waals surface area contributed by atoms with Crippen LogP contribution in [0.25, 0.3) is 0 Å². The Morgan fingerprint density at radius 2 is 0.951 bits per heavy atom. The number of carbonyl (C=O) groups is 2. The number of unbranched alkanes of at least 4 members (excludes halogenated alkanes) is 6. The lowest BCUT2D eigenvalue weighted by Crippen LogP contribution is -2.01. The van der Waals surface area contributed by atoms with Gasteiger partial charge in [-0.15, -0.1) is 0 Å². The van der Waals surface area contributed by atoms with Gasteiger partial charge in [-0.1, -0.05) is 78.6 Å². The summed E-state index contributed by atoms with van der Waals surface area (Å²) in [5.74, 6) is -1.15. The van der Waals surface area contributed by atoms with Crippen molar-refractivity contribution in [1.82, 2.24) is 0 Å². The number of ether oxygens (including phenoxy) is 3. The Labute approximate surface area is 250 Å². The minimum absolute atomic E-state index is 0. The molecule has 2 aromatic rings. The van der Waals surface area contributed by atoms with Crippen LogP contribution in [0.3, 0.4) is 0 Å². The second-order valence-electron chi connectivity index (χ2n) is 9.74. The van der Waals surface area contributed by atoms with Crippen molar-refractivity contribution in [2.24, 2.45) is 0 Å². The van der Waals surface area contributed by atoms with Gasteiger partial charge >= 0.3 is 11.9 Å².